The van der Waals surface area contributed by atoms with Crippen LogP contribution in [-0.4, -0.2) is 24.4 Å². The molecule has 31 heavy (non-hydrogen) atoms. The average molecular weight is 424 g/mol. The van der Waals surface area contributed by atoms with Crippen LogP contribution in [0, 0.1) is 11.6 Å². The number of nitrogens with zero attached hydrogens (tertiary/aromatic N) is 2. The van der Waals surface area contributed by atoms with Crippen molar-refractivity contribution < 1.29 is 27.5 Å². The predicted octanol–water partition coefficient (Wildman–Crippen LogP) is 5.28. The summed E-state index contributed by atoms with van der Waals surface area (Å²) >= 11 is 0. The molecule has 0 amide bonds. The minimum atomic E-state index is -0.534. The number of hydrogen-bond acceptors (Lipinski definition) is 6. The van der Waals surface area contributed by atoms with Crippen LogP contribution in [0.5, 0.6) is 17.2 Å². The Balaban J connectivity index is 1.55. The van der Waals surface area contributed by atoms with Gasteiger partial charge in [0.1, 0.15) is 35.5 Å². The lowest BCUT2D eigenvalue weighted by molar-refractivity contribution is 0.299. The van der Waals surface area contributed by atoms with Gasteiger partial charge in [0.05, 0.1) is 19.8 Å². The molecule has 0 radical (unpaired) electrons. The third kappa shape index (κ3) is 4.48. The molecule has 3 aromatic carbocycles. The zero-order valence-corrected chi connectivity index (χ0v) is 16.8. The van der Waals surface area contributed by atoms with Gasteiger partial charge in [-0.2, -0.15) is 4.98 Å². The van der Waals surface area contributed by atoms with Gasteiger partial charge in [-0.25, -0.2) is 8.78 Å². The number of ether oxygens (including phenoxy) is 3. The van der Waals surface area contributed by atoms with Crippen molar-refractivity contribution in [3.8, 4) is 40.1 Å². The molecule has 0 unspecified atom stereocenters. The summed E-state index contributed by atoms with van der Waals surface area (Å²) in [6, 6.07) is 15.4. The summed E-state index contributed by atoms with van der Waals surface area (Å²) in [6.07, 6.45) is 0. The molecule has 8 heteroatoms. The van der Waals surface area contributed by atoms with Gasteiger partial charge < -0.3 is 18.7 Å². The molecule has 0 fully saturated rings. The van der Waals surface area contributed by atoms with Gasteiger partial charge in [-0.05, 0) is 42.5 Å². The van der Waals surface area contributed by atoms with E-state index in [1.807, 2.05) is 0 Å². The van der Waals surface area contributed by atoms with Crippen molar-refractivity contribution in [2.24, 2.45) is 0 Å². The topological polar surface area (TPSA) is 66.6 Å². The first-order valence-corrected chi connectivity index (χ1v) is 9.30. The van der Waals surface area contributed by atoms with E-state index >= 15 is 0 Å². The van der Waals surface area contributed by atoms with Gasteiger partial charge in [0.25, 0.3) is 5.89 Å². The Bertz CT molecular complexity index is 1210. The largest absolute Gasteiger partial charge is 0.497 e. The molecule has 1 heterocycles. The number of aromatic nitrogens is 2. The van der Waals surface area contributed by atoms with Crippen molar-refractivity contribution >= 4 is 0 Å². The molecular formula is C23H18F2N2O4. The minimum Gasteiger partial charge on any atom is -0.497 e. The second kappa shape index (κ2) is 8.83. The van der Waals surface area contributed by atoms with Crippen LogP contribution in [-0.2, 0) is 6.61 Å². The Labute approximate surface area is 177 Å². The molecule has 4 rings (SSSR count). The van der Waals surface area contributed by atoms with Gasteiger partial charge in [0.15, 0.2) is 0 Å². The fraction of sp³-hybridized carbons (Fsp3) is 0.130. The van der Waals surface area contributed by atoms with Crippen LogP contribution in [0.1, 0.15) is 5.56 Å². The van der Waals surface area contributed by atoms with E-state index in [0.29, 0.717) is 34.2 Å². The normalized spacial score (nSPS) is 10.7. The molecule has 4 aromatic rings. The van der Waals surface area contributed by atoms with Crippen LogP contribution in [0.15, 0.2) is 65.2 Å². The summed E-state index contributed by atoms with van der Waals surface area (Å²) in [5.74, 6) is 1.19. The van der Waals surface area contributed by atoms with Gasteiger partial charge >= 0.3 is 0 Å². The lowest BCUT2D eigenvalue weighted by atomic mass is 10.1. The molecule has 0 saturated heterocycles. The first-order chi connectivity index (χ1) is 15.1. The van der Waals surface area contributed by atoms with Crippen LogP contribution >= 0.6 is 0 Å². The van der Waals surface area contributed by atoms with Crippen LogP contribution < -0.4 is 14.2 Å². The summed E-state index contributed by atoms with van der Waals surface area (Å²) in [5.41, 5.74) is 1.38. The monoisotopic (exact) mass is 424 g/mol. The van der Waals surface area contributed by atoms with Gasteiger partial charge in [-0.15, -0.1) is 0 Å². The highest BCUT2D eigenvalue weighted by atomic mass is 19.1. The maximum absolute atomic E-state index is 13.8. The maximum atomic E-state index is 13.8. The molecule has 158 valence electrons. The van der Waals surface area contributed by atoms with Crippen LogP contribution in [0.3, 0.4) is 0 Å². The fourth-order valence-electron chi connectivity index (χ4n) is 2.97. The molecule has 0 aliphatic rings. The molecule has 0 saturated carbocycles. The van der Waals surface area contributed by atoms with E-state index < -0.39 is 11.6 Å². The molecule has 1 aromatic heterocycles. The maximum Gasteiger partial charge on any atom is 0.262 e. The second-order valence-corrected chi connectivity index (χ2v) is 6.54. The highest BCUT2D eigenvalue weighted by molar-refractivity contribution is 5.67. The minimum absolute atomic E-state index is 0.117. The lowest BCUT2D eigenvalue weighted by Crippen LogP contribution is -1.99. The van der Waals surface area contributed by atoms with Crippen molar-refractivity contribution in [3.05, 3.63) is 77.9 Å². The zero-order chi connectivity index (χ0) is 21.8. The Morgan fingerprint density at radius 2 is 1.77 bits per heavy atom. The van der Waals surface area contributed by atoms with Gasteiger partial charge in [-0.3, -0.25) is 0 Å². The molecular weight excluding hydrogens is 406 g/mol. The van der Waals surface area contributed by atoms with E-state index in [4.69, 9.17) is 18.7 Å². The predicted molar refractivity (Wildman–Crippen MR) is 109 cm³/mol. The van der Waals surface area contributed by atoms with Gasteiger partial charge in [-0.1, -0.05) is 17.3 Å². The molecule has 6 nitrogen and oxygen atoms in total. The molecule has 0 spiro atoms. The van der Waals surface area contributed by atoms with Crippen LogP contribution in [0.4, 0.5) is 8.78 Å². The number of halogens is 2. The van der Waals surface area contributed by atoms with Crippen molar-refractivity contribution in [1.82, 2.24) is 10.1 Å². The molecule has 0 N–H and O–H groups in total. The van der Waals surface area contributed by atoms with E-state index in [1.165, 1.54) is 7.11 Å². The fourth-order valence-corrected chi connectivity index (χ4v) is 2.97. The molecule has 0 bridgehead atoms. The smallest absolute Gasteiger partial charge is 0.262 e. The third-order valence-electron chi connectivity index (χ3n) is 4.56. The molecule has 0 atom stereocenters. The van der Waals surface area contributed by atoms with Crippen molar-refractivity contribution in [2.75, 3.05) is 14.2 Å². The number of rotatable bonds is 7. The van der Waals surface area contributed by atoms with E-state index in [-0.39, 0.29) is 18.1 Å². The molecule has 0 aliphatic heterocycles. The van der Waals surface area contributed by atoms with E-state index in [2.05, 4.69) is 10.1 Å². The first kappa shape index (κ1) is 20.3. The second-order valence-electron chi connectivity index (χ2n) is 6.54. The van der Waals surface area contributed by atoms with Crippen molar-refractivity contribution in [1.29, 1.82) is 0 Å². The third-order valence-corrected chi connectivity index (χ3v) is 4.56. The Morgan fingerprint density at radius 1 is 0.903 bits per heavy atom. The number of hydrogen-bond donors (Lipinski definition) is 0. The summed E-state index contributed by atoms with van der Waals surface area (Å²) in [6.45, 7) is -0.117. The van der Waals surface area contributed by atoms with E-state index in [0.717, 1.165) is 18.2 Å². The Hall–Kier alpha value is -3.94. The molecule has 0 aliphatic carbocycles. The summed E-state index contributed by atoms with van der Waals surface area (Å²) in [5, 5.41) is 4.03. The highest BCUT2D eigenvalue weighted by Gasteiger charge is 2.16. The first-order valence-electron chi connectivity index (χ1n) is 9.30. The summed E-state index contributed by atoms with van der Waals surface area (Å²) in [7, 11) is 3.11. The van der Waals surface area contributed by atoms with E-state index in [1.54, 1.807) is 49.6 Å². The van der Waals surface area contributed by atoms with Crippen molar-refractivity contribution in [3.63, 3.8) is 0 Å². The quantitative estimate of drug-likeness (QED) is 0.402. The SMILES string of the molecule is COc1ccc(-c2nc(-c3cccc(OCc4cc(F)ccc4F)c3)no2)c(OC)c1. The van der Waals surface area contributed by atoms with Gasteiger partial charge in [0, 0.05) is 17.2 Å². The lowest BCUT2D eigenvalue weighted by Gasteiger charge is -2.08. The summed E-state index contributed by atoms with van der Waals surface area (Å²) < 4.78 is 48.7. The number of benzene rings is 3. The average Bonchev–Trinajstić information content (AvgIpc) is 3.29. The van der Waals surface area contributed by atoms with Crippen LogP contribution in [0.2, 0.25) is 0 Å². The Kier molecular flexibility index (Phi) is 5.79. The number of methoxy groups -OCH3 is 2. The van der Waals surface area contributed by atoms with Crippen molar-refractivity contribution in [2.45, 2.75) is 6.61 Å². The highest BCUT2D eigenvalue weighted by Crippen LogP contribution is 2.33. The Morgan fingerprint density at radius 3 is 2.58 bits per heavy atom. The zero-order valence-electron chi connectivity index (χ0n) is 16.8. The standard InChI is InChI=1S/C23H18F2N2O4/c1-28-17-7-8-19(21(12-17)29-2)23-26-22(27-31-23)14-4-3-5-18(11-14)30-13-15-10-16(24)6-9-20(15)25/h3-12H,13H2,1-2H3. The van der Waals surface area contributed by atoms with Crippen LogP contribution in [0.25, 0.3) is 22.8 Å². The summed E-state index contributed by atoms with van der Waals surface area (Å²) in [4.78, 5) is 4.44. The van der Waals surface area contributed by atoms with E-state index in [9.17, 15) is 8.78 Å². The van der Waals surface area contributed by atoms with Gasteiger partial charge in [0.2, 0.25) is 5.82 Å².